The van der Waals surface area contributed by atoms with Crippen LogP contribution in [0.5, 0.6) is 5.88 Å². The second-order valence-corrected chi connectivity index (χ2v) is 4.10. The SMILES string of the molecule is Cc1cccc(C)c1C(=O)Oc1nc[nH]c1C(N)=O. The number of benzene rings is 1. The summed E-state index contributed by atoms with van der Waals surface area (Å²) < 4.78 is 5.11. The second-order valence-electron chi connectivity index (χ2n) is 4.10. The highest BCUT2D eigenvalue weighted by molar-refractivity contribution is 5.97. The van der Waals surface area contributed by atoms with Crippen LogP contribution in [0.25, 0.3) is 0 Å². The minimum absolute atomic E-state index is 0.0282. The van der Waals surface area contributed by atoms with Crippen LogP contribution in [-0.2, 0) is 0 Å². The van der Waals surface area contributed by atoms with E-state index in [0.29, 0.717) is 5.56 Å². The van der Waals surface area contributed by atoms with Crippen LogP contribution < -0.4 is 10.5 Å². The summed E-state index contributed by atoms with van der Waals surface area (Å²) >= 11 is 0. The van der Waals surface area contributed by atoms with Gasteiger partial charge in [0.15, 0.2) is 5.69 Å². The van der Waals surface area contributed by atoms with E-state index in [1.54, 1.807) is 0 Å². The van der Waals surface area contributed by atoms with Crippen LogP contribution in [0.2, 0.25) is 0 Å². The lowest BCUT2D eigenvalue weighted by Crippen LogP contribution is -2.17. The van der Waals surface area contributed by atoms with Gasteiger partial charge in [-0.05, 0) is 25.0 Å². The van der Waals surface area contributed by atoms with Crippen LogP contribution in [0.15, 0.2) is 24.5 Å². The second kappa shape index (κ2) is 4.93. The Balaban J connectivity index is 2.31. The number of imidazole rings is 1. The van der Waals surface area contributed by atoms with Gasteiger partial charge in [0.25, 0.3) is 11.8 Å². The third-order valence-electron chi connectivity index (χ3n) is 2.73. The molecule has 0 bridgehead atoms. The molecular formula is C13H13N3O3. The molecule has 1 aromatic carbocycles. The van der Waals surface area contributed by atoms with E-state index < -0.39 is 11.9 Å². The molecule has 1 aromatic heterocycles. The molecule has 2 aromatic rings. The zero-order chi connectivity index (χ0) is 14.0. The monoisotopic (exact) mass is 259 g/mol. The fourth-order valence-electron chi connectivity index (χ4n) is 1.81. The Hall–Kier alpha value is -2.63. The first-order valence-corrected chi connectivity index (χ1v) is 5.62. The first-order valence-electron chi connectivity index (χ1n) is 5.62. The Morgan fingerprint density at radius 1 is 1.26 bits per heavy atom. The largest absolute Gasteiger partial charge is 0.401 e. The van der Waals surface area contributed by atoms with E-state index in [9.17, 15) is 9.59 Å². The normalized spacial score (nSPS) is 10.2. The maximum absolute atomic E-state index is 12.1. The quantitative estimate of drug-likeness (QED) is 0.813. The molecular weight excluding hydrogens is 246 g/mol. The minimum Gasteiger partial charge on any atom is -0.401 e. The molecule has 1 amide bonds. The van der Waals surface area contributed by atoms with Crippen molar-refractivity contribution in [3.05, 3.63) is 46.9 Å². The highest BCUT2D eigenvalue weighted by Crippen LogP contribution is 2.18. The predicted molar refractivity (Wildman–Crippen MR) is 68.0 cm³/mol. The number of nitrogens with zero attached hydrogens (tertiary/aromatic N) is 1. The molecule has 0 saturated carbocycles. The van der Waals surface area contributed by atoms with Gasteiger partial charge in [0.2, 0.25) is 0 Å². The molecule has 98 valence electrons. The van der Waals surface area contributed by atoms with E-state index >= 15 is 0 Å². The van der Waals surface area contributed by atoms with E-state index in [1.807, 2.05) is 32.0 Å². The van der Waals surface area contributed by atoms with Gasteiger partial charge < -0.3 is 15.5 Å². The van der Waals surface area contributed by atoms with Crippen molar-refractivity contribution in [2.75, 3.05) is 0 Å². The Labute approximate surface area is 109 Å². The number of aromatic nitrogens is 2. The highest BCUT2D eigenvalue weighted by atomic mass is 16.5. The molecule has 0 fully saturated rings. The van der Waals surface area contributed by atoms with Gasteiger partial charge in [0.1, 0.15) is 0 Å². The molecule has 0 spiro atoms. The number of nitrogens with one attached hydrogen (secondary N) is 1. The van der Waals surface area contributed by atoms with Crippen LogP contribution in [0.1, 0.15) is 32.0 Å². The molecule has 0 saturated heterocycles. The number of amides is 1. The first-order chi connectivity index (χ1) is 9.00. The Morgan fingerprint density at radius 3 is 2.47 bits per heavy atom. The standard InChI is InChI=1S/C13H13N3O3/c1-7-4-3-5-8(2)9(7)13(18)19-12-10(11(14)17)15-6-16-12/h3-6H,1-2H3,(H2,14,17)(H,15,16). The molecule has 0 atom stereocenters. The van der Waals surface area contributed by atoms with Gasteiger partial charge in [0, 0.05) is 0 Å². The van der Waals surface area contributed by atoms with Crippen molar-refractivity contribution < 1.29 is 14.3 Å². The molecule has 0 unspecified atom stereocenters. The van der Waals surface area contributed by atoms with Gasteiger partial charge in [-0.1, -0.05) is 18.2 Å². The maximum atomic E-state index is 12.1. The van der Waals surface area contributed by atoms with Crippen LogP contribution >= 0.6 is 0 Å². The predicted octanol–water partition coefficient (Wildman–Crippen LogP) is 1.34. The lowest BCUT2D eigenvalue weighted by atomic mass is 10.0. The number of carbonyl (C=O) groups is 2. The number of rotatable bonds is 3. The van der Waals surface area contributed by atoms with E-state index in [4.69, 9.17) is 10.5 Å². The summed E-state index contributed by atoms with van der Waals surface area (Å²) in [6.45, 7) is 3.62. The third kappa shape index (κ3) is 2.47. The Morgan fingerprint density at radius 2 is 1.89 bits per heavy atom. The van der Waals surface area contributed by atoms with E-state index in [-0.39, 0.29) is 11.6 Å². The van der Waals surface area contributed by atoms with E-state index in [1.165, 1.54) is 6.33 Å². The molecule has 6 nitrogen and oxygen atoms in total. The number of ether oxygens (including phenoxy) is 1. The zero-order valence-electron chi connectivity index (χ0n) is 10.6. The van der Waals surface area contributed by atoms with Crippen LogP contribution in [0.4, 0.5) is 0 Å². The smallest absolute Gasteiger partial charge is 0.345 e. The summed E-state index contributed by atoms with van der Waals surface area (Å²) in [5, 5.41) is 0. The summed E-state index contributed by atoms with van der Waals surface area (Å²) in [4.78, 5) is 29.5. The van der Waals surface area contributed by atoms with Crippen molar-refractivity contribution in [2.24, 2.45) is 5.73 Å². The minimum atomic E-state index is -0.734. The summed E-state index contributed by atoms with van der Waals surface area (Å²) in [6, 6.07) is 5.47. The maximum Gasteiger partial charge on any atom is 0.345 e. The average molecular weight is 259 g/mol. The summed E-state index contributed by atoms with van der Waals surface area (Å²) in [6.07, 6.45) is 1.24. The summed E-state index contributed by atoms with van der Waals surface area (Å²) in [5.41, 5.74) is 7.15. The topological polar surface area (TPSA) is 98.1 Å². The fraction of sp³-hybridized carbons (Fsp3) is 0.154. The summed E-state index contributed by atoms with van der Waals surface area (Å²) in [5.74, 6) is -1.41. The number of carbonyl (C=O) groups excluding carboxylic acids is 2. The molecule has 1 heterocycles. The molecule has 0 aliphatic rings. The third-order valence-corrected chi connectivity index (χ3v) is 2.73. The van der Waals surface area contributed by atoms with Crippen molar-refractivity contribution in [1.82, 2.24) is 9.97 Å². The lowest BCUT2D eigenvalue weighted by molar-refractivity contribution is 0.0724. The van der Waals surface area contributed by atoms with Gasteiger partial charge in [-0.15, -0.1) is 0 Å². The Kier molecular flexibility index (Phi) is 3.33. The van der Waals surface area contributed by atoms with Crippen LogP contribution in [-0.4, -0.2) is 21.8 Å². The van der Waals surface area contributed by atoms with Gasteiger partial charge in [-0.25, -0.2) is 9.78 Å². The number of hydrogen-bond donors (Lipinski definition) is 2. The molecule has 0 aliphatic carbocycles. The fourth-order valence-corrected chi connectivity index (χ4v) is 1.81. The zero-order valence-corrected chi connectivity index (χ0v) is 10.6. The molecule has 3 N–H and O–H groups in total. The van der Waals surface area contributed by atoms with Gasteiger partial charge in [-0.2, -0.15) is 0 Å². The molecule has 0 radical (unpaired) electrons. The van der Waals surface area contributed by atoms with Gasteiger partial charge >= 0.3 is 5.97 Å². The highest BCUT2D eigenvalue weighted by Gasteiger charge is 2.19. The number of esters is 1. The van der Waals surface area contributed by atoms with Gasteiger partial charge in [-0.3, -0.25) is 4.79 Å². The van der Waals surface area contributed by atoms with Crippen molar-refractivity contribution >= 4 is 11.9 Å². The molecule has 2 rings (SSSR count). The van der Waals surface area contributed by atoms with Gasteiger partial charge in [0.05, 0.1) is 11.9 Å². The molecule has 6 heteroatoms. The first kappa shape index (κ1) is 12.8. The number of H-pyrrole nitrogens is 1. The molecule has 19 heavy (non-hydrogen) atoms. The number of hydrogen-bond acceptors (Lipinski definition) is 4. The number of nitrogens with two attached hydrogens (primary N) is 1. The number of primary amides is 1. The Bertz CT molecular complexity index is 626. The van der Waals surface area contributed by atoms with Crippen molar-refractivity contribution in [2.45, 2.75) is 13.8 Å². The molecule has 0 aliphatic heterocycles. The van der Waals surface area contributed by atoms with Crippen LogP contribution in [0.3, 0.4) is 0 Å². The lowest BCUT2D eigenvalue weighted by Gasteiger charge is -2.08. The van der Waals surface area contributed by atoms with Crippen LogP contribution in [0, 0.1) is 13.8 Å². The summed E-state index contributed by atoms with van der Waals surface area (Å²) in [7, 11) is 0. The van der Waals surface area contributed by atoms with Crippen molar-refractivity contribution in [1.29, 1.82) is 0 Å². The van der Waals surface area contributed by atoms with E-state index in [2.05, 4.69) is 9.97 Å². The van der Waals surface area contributed by atoms with Crippen molar-refractivity contribution in [3.8, 4) is 5.88 Å². The number of aryl methyl sites for hydroxylation is 2. The van der Waals surface area contributed by atoms with E-state index in [0.717, 1.165) is 11.1 Å². The van der Waals surface area contributed by atoms with Crippen molar-refractivity contribution in [3.63, 3.8) is 0 Å². The average Bonchev–Trinajstić information content (AvgIpc) is 2.76. The number of aromatic amines is 1.